The zero-order valence-electron chi connectivity index (χ0n) is 16.4. The Labute approximate surface area is 173 Å². The lowest BCUT2D eigenvalue weighted by Crippen LogP contribution is -2.21. The summed E-state index contributed by atoms with van der Waals surface area (Å²) in [6.07, 6.45) is 3.95. The molecule has 1 amide bonds. The summed E-state index contributed by atoms with van der Waals surface area (Å²) in [6.45, 7) is 1.99. The van der Waals surface area contributed by atoms with Crippen molar-refractivity contribution in [1.29, 1.82) is 0 Å². The van der Waals surface area contributed by atoms with Crippen molar-refractivity contribution in [3.05, 3.63) is 64.4 Å². The third kappa shape index (κ3) is 5.46. The van der Waals surface area contributed by atoms with Crippen LogP contribution in [0.25, 0.3) is 16.6 Å². The van der Waals surface area contributed by atoms with Crippen molar-refractivity contribution in [2.75, 3.05) is 5.75 Å². The Kier molecular flexibility index (Phi) is 7.43. The maximum Gasteiger partial charge on any atom is 0.266 e. The van der Waals surface area contributed by atoms with Crippen LogP contribution in [-0.4, -0.2) is 26.4 Å². The van der Waals surface area contributed by atoms with E-state index in [1.54, 1.807) is 21.8 Å². The molecule has 6 nitrogen and oxygen atoms in total. The summed E-state index contributed by atoms with van der Waals surface area (Å²) in [5.41, 5.74) is 4.20. The molecule has 152 valence electrons. The van der Waals surface area contributed by atoms with Crippen LogP contribution in [0.4, 0.5) is 0 Å². The fraction of sp³-hybridized carbons (Fsp3) is 0.318. The highest BCUT2D eigenvalue weighted by Crippen LogP contribution is 2.23. The normalized spacial score (nSPS) is 11.0. The van der Waals surface area contributed by atoms with E-state index in [1.165, 1.54) is 0 Å². The van der Waals surface area contributed by atoms with Crippen molar-refractivity contribution in [2.45, 2.75) is 44.2 Å². The maximum absolute atomic E-state index is 13.2. The van der Waals surface area contributed by atoms with Crippen LogP contribution < -0.4 is 11.0 Å². The Hall–Kier alpha value is -2.64. The highest BCUT2D eigenvalue weighted by Gasteiger charge is 2.13. The molecule has 1 aromatic heterocycles. The van der Waals surface area contributed by atoms with Crippen LogP contribution in [0.3, 0.4) is 0 Å². The standard InChI is InChI=1S/C22H25N3O3S/c1-16-12-13-18-19(15-16)23-22(25(21(18)27)17-9-5-4-6-10-17)29-14-8-3-2-7-11-20(26)24-28/h4-6,9-10,12-13,15,28H,2-3,7-8,11,14H2,1H3,(H,24,26). The molecule has 0 aliphatic rings. The molecule has 0 saturated heterocycles. The van der Waals surface area contributed by atoms with Gasteiger partial charge in [-0.05, 0) is 49.6 Å². The molecule has 29 heavy (non-hydrogen) atoms. The van der Waals surface area contributed by atoms with E-state index in [1.807, 2.05) is 55.5 Å². The van der Waals surface area contributed by atoms with Crippen molar-refractivity contribution in [3.8, 4) is 5.69 Å². The molecular weight excluding hydrogens is 386 g/mol. The number of hydroxylamine groups is 1. The molecule has 0 aliphatic carbocycles. The lowest BCUT2D eigenvalue weighted by Gasteiger charge is -2.13. The van der Waals surface area contributed by atoms with Crippen LogP contribution in [0.5, 0.6) is 0 Å². The van der Waals surface area contributed by atoms with Gasteiger partial charge in [0.1, 0.15) is 0 Å². The predicted molar refractivity (Wildman–Crippen MR) is 116 cm³/mol. The van der Waals surface area contributed by atoms with Crippen molar-refractivity contribution in [3.63, 3.8) is 0 Å². The van der Waals surface area contributed by atoms with E-state index >= 15 is 0 Å². The Morgan fingerprint density at radius 1 is 1.10 bits per heavy atom. The first-order valence-corrected chi connectivity index (χ1v) is 10.7. The van der Waals surface area contributed by atoms with E-state index in [2.05, 4.69) is 0 Å². The van der Waals surface area contributed by atoms with E-state index < -0.39 is 0 Å². The molecule has 3 rings (SSSR count). The number of nitrogens with zero attached hydrogens (tertiary/aromatic N) is 2. The SMILES string of the molecule is Cc1ccc2c(=O)n(-c3ccccc3)c(SCCCCCCC(=O)NO)nc2c1. The number of hydrogen-bond acceptors (Lipinski definition) is 5. The average Bonchev–Trinajstić information content (AvgIpc) is 2.73. The molecule has 7 heteroatoms. The Bertz CT molecular complexity index is 1030. The Morgan fingerprint density at radius 3 is 2.62 bits per heavy atom. The van der Waals surface area contributed by atoms with E-state index in [0.29, 0.717) is 17.0 Å². The maximum atomic E-state index is 13.2. The number of benzene rings is 2. The Morgan fingerprint density at radius 2 is 1.86 bits per heavy atom. The van der Waals surface area contributed by atoms with Gasteiger partial charge in [-0.15, -0.1) is 0 Å². The quantitative estimate of drug-likeness (QED) is 0.181. The van der Waals surface area contributed by atoms with Gasteiger partial charge in [0.25, 0.3) is 5.56 Å². The van der Waals surface area contributed by atoms with Gasteiger partial charge in [0.15, 0.2) is 5.16 Å². The number of carbonyl (C=O) groups excluding carboxylic acids is 1. The number of para-hydroxylation sites is 1. The summed E-state index contributed by atoms with van der Waals surface area (Å²) >= 11 is 1.58. The number of hydrogen-bond donors (Lipinski definition) is 2. The molecule has 0 atom stereocenters. The van der Waals surface area contributed by atoms with Gasteiger partial charge in [0.05, 0.1) is 16.6 Å². The third-order valence-electron chi connectivity index (χ3n) is 4.66. The zero-order valence-corrected chi connectivity index (χ0v) is 17.2. The number of fused-ring (bicyclic) bond motifs is 1. The van der Waals surface area contributed by atoms with Crippen molar-refractivity contribution in [2.24, 2.45) is 0 Å². The summed E-state index contributed by atoms with van der Waals surface area (Å²) in [6, 6.07) is 15.3. The lowest BCUT2D eigenvalue weighted by atomic mass is 10.1. The third-order valence-corrected chi connectivity index (χ3v) is 5.69. The second-order valence-corrected chi connectivity index (χ2v) is 8.00. The topological polar surface area (TPSA) is 84.2 Å². The molecule has 1 heterocycles. The number of nitrogens with one attached hydrogen (secondary N) is 1. The number of unbranched alkanes of at least 4 members (excludes halogenated alkanes) is 3. The average molecular weight is 412 g/mol. The number of amides is 1. The summed E-state index contributed by atoms with van der Waals surface area (Å²) < 4.78 is 1.69. The summed E-state index contributed by atoms with van der Waals surface area (Å²) in [4.78, 5) is 29.0. The molecule has 0 saturated carbocycles. The molecule has 0 aliphatic heterocycles. The van der Waals surface area contributed by atoms with Crippen molar-refractivity contribution >= 4 is 28.6 Å². The number of carbonyl (C=O) groups is 1. The molecule has 0 spiro atoms. The first kappa shape index (κ1) is 21.1. The second-order valence-electron chi connectivity index (χ2n) is 6.94. The number of aromatic nitrogens is 2. The molecule has 0 radical (unpaired) electrons. The van der Waals surface area contributed by atoms with Crippen molar-refractivity contribution < 1.29 is 10.0 Å². The molecule has 2 N–H and O–H groups in total. The van der Waals surface area contributed by atoms with Gasteiger partial charge in [-0.2, -0.15) is 0 Å². The minimum atomic E-state index is -0.345. The monoisotopic (exact) mass is 411 g/mol. The smallest absolute Gasteiger partial charge is 0.266 e. The molecule has 0 bridgehead atoms. The van der Waals surface area contributed by atoms with Gasteiger partial charge in [-0.25, -0.2) is 10.5 Å². The molecule has 2 aromatic carbocycles. The molecular formula is C22H25N3O3S. The van der Waals surface area contributed by atoms with Crippen LogP contribution in [0, 0.1) is 6.92 Å². The number of rotatable bonds is 9. The highest BCUT2D eigenvalue weighted by atomic mass is 32.2. The van der Waals surface area contributed by atoms with E-state index in [-0.39, 0.29) is 11.5 Å². The summed E-state index contributed by atoms with van der Waals surface area (Å²) in [5, 5.41) is 9.81. The predicted octanol–water partition coefficient (Wildman–Crippen LogP) is 4.24. The van der Waals surface area contributed by atoms with Gasteiger partial charge in [0, 0.05) is 12.2 Å². The van der Waals surface area contributed by atoms with Crippen LogP contribution >= 0.6 is 11.8 Å². The fourth-order valence-electron chi connectivity index (χ4n) is 3.14. The second kappa shape index (κ2) is 10.2. The van der Waals surface area contributed by atoms with Crippen LogP contribution in [0.2, 0.25) is 0 Å². The minimum Gasteiger partial charge on any atom is -0.289 e. The van der Waals surface area contributed by atoms with Gasteiger partial charge in [0.2, 0.25) is 5.91 Å². The van der Waals surface area contributed by atoms with E-state index in [0.717, 1.165) is 48.2 Å². The van der Waals surface area contributed by atoms with E-state index in [9.17, 15) is 9.59 Å². The van der Waals surface area contributed by atoms with Gasteiger partial charge in [-0.1, -0.05) is 48.9 Å². The molecule has 0 fully saturated rings. The number of aryl methyl sites for hydroxylation is 1. The molecule has 3 aromatic rings. The van der Waals surface area contributed by atoms with Gasteiger partial charge < -0.3 is 0 Å². The van der Waals surface area contributed by atoms with Gasteiger partial charge >= 0.3 is 0 Å². The number of thioether (sulfide) groups is 1. The summed E-state index contributed by atoms with van der Waals surface area (Å²) in [7, 11) is 0. The largest absolute Gasteiger partial charge is 0.289 e. The molecule has 0 unspecified atom stereocenters. The lowest BCUT2D eigenvalue weighted by molar-refractivity contribution is -0.129. The summed E-state index contributed by atoms with van der Waals surface area (Å²) in [5.74, 6) is 0.491. The highest BCUT2D eigenvalue weighted by molar-refractivity contribution is 7.99. The van der Waals surface area contributed by atoms with Crippen LogP contribution in [0.1, 0.15) is 37.7 Å². The van der Waals surface area contributed by atoms with Gasteiger partial charge in [-0.3, -0.25) is 19.4 Å². The van der Waals surface area contributed by atoms with E-state index in [4.69, 9.17) is 10.2 Å². The van der Waals surface area contributed by atoms with Crippen molar-refractivity contribution in [1.82, 2.24) is 15.0 Å². The Balaban J connectivity index is 1.75. The first-order chi connectivity index (χ1) is 14.1. The minimum absolute atomic E-state index is 0.0567. The van der Waals surface area contributed by atoms with Crippen LogP contribution in [0.15, 0.2) is 58.5 Å². The first-order valence-electron chi connectivity index (χ1n) is 9.74. The van der Waals surface area contributed by atoms with Crippen LogP contribution in [-0.2, 0) is 4.79 Å². The zero-order chi connectivity index (χ0) is 20.6. The fourth-order valence-corrected chi connectivity index (χ4v) is 4.15.